The van der Waals surface area contributed by atoms with Crippen LogP contribution < -0.4 is 5.32 Å². The largest absolute Gasteiger partial charge is 0.478 e. The first-order chi connectivity index (χ1) is 8.45. The number of thioether (sulfide) groups is 1. The molecule has 0 radical (unpaired) electrons. The van der Waals surface area contributed by atoms with Gasteiger partial charge in [0.1, 0.15) is 0 Å². The quantitative estimate of drug-likeness (QED) is 0.874. The zero-order valence-electron chi connectivity index (χ0n) is 10.1. The lowest BCUT2D eigenvalue weighted by molar-refractivity contribution is -0.118. The highest BCUT2D eigenvalue weighted by Crippen LogP contribution is 2.21. The van der Waals surface area contributed by atoms with Crippen molar-refractivity contribution < 1.29 is 14.7 Å². The molecule has 1 aromatic carbocycles. The fourth-order valence-corrected chi connectivity index (χ4v) is 2.21. The van der Waals surface area contributed by atoms with E-state index in [0.717, 1.165) is 0 Å². The monoisotopic (exact) mass is 287 g/mol. The van der Waals surface area contributed by atoms with E-state index in [-0.39, 0.29) is 22.4 Å². The van der Waals surface area contributed by atoms with Crippen molar-refractivity contribution in [2.24, 2.45) is 5.92 Å². The molecule has 0 heterocycles. The summed E-state index contributed by atoms with van der Waals surface area (Å²) in [5.41, 5.74) is 0.418. The van der Waals surface area contributed by atoms with Crippen LogP contribution in [0.5, 0.6) is 0 Å². The van der Waals surface area contributed by atoms with Gasteiger partial charge in [-0.05, 0) is 24.5 Å². The van der Waals surface area contributed by atoms with Crippen molar-refractivity contribution in [3.05, 3.63) is 28.8 Å². The summed E-state index contributed by atoms with van der Waals surface area (Å²) in [6.07, 6.45) is 1.93. The number of nitrogens with one attached hydrogen (secondary N) is 1. The van der Waals surface area contributed by atoms with E-state index in [0.29, 0.717) is 11.4 Å². The summed E-state index contributed by atoms with van der Waals surface area (Å²) in [6, 6.07) is 4.40. The van der Waals surface area contributed by atoms with Crippen molar-refractivity contribution in [1.29, 1.82) is 0 Å². The molecule has 2 N–H and O–H groups in total. The molecule has 0 aliphatic rings. The van der Waals surface area contributed by atoms with Crippen molar-refractivity contribution in [3.8, 4) is 0 Å². The number of hydrogen-bond donors (Lipinski definition) is 2. The van der Waals surface area contributed by atoms with E-state index in [2.05, 4.69) is 5.32 Å². The normalized spacial score (nSPS) is 11.9. The molecule has 0 saturated carbocycles. The molecule has 0 aliphatic carbocycles. The van der Waals surface area contributed by atoms with Gasteiger partial charge < -0.3 is 10.4 Å². The van der Waals surface area contributed by atoms with Gasteiger partial charge in [0.15, 0.2) is 0 Å². The molecular formula is C12H14ClNO3S. The highest BCUT2D eigenvalue weighted by Gasteiger charge is 2.14. The van der Waals surface area contributed by atoms with Gasteiger partial charge in [0.05, 0.1) is 10.6 Å². The molecule has 6 heteroatoms. The summed E-state index contributed by atoms with van der Waals surface area (Å²) >= 11 is 7.33. The van der Waals surface area contributed by atoms with Crippen LogP contribution in [0, 0.1) is 5.92 Å². The maximum absolute atomic E-state index is 11.8. The molecular weight excluding hydrogens is 274 g/mol. The van der Waals surface area contributed by atoms with E-state index >= 15 is 0 Å². The lowest BCUT2D eigenvalue weighted by Gasteiger charge is -2.11. The minimum absolute atomic E-state index is 0.0213. The van der Waals surface area contributed by atoms with Crippen molar-refractivity contribution in [2.75, 3.05) is 17.3 Å². The molecule has 98 valence electrons. The van der Waals surface area contributed by atoms with Crippen LogP contribution in [0.25, 0.3) is 0 Å². The average molecular weight is 288 g/mol. The molecule has 0 aromatic heterocycles. The number of carbonyl (C=O) groups is 2. The van der Waals surface area contributed by atoms with Crippen LogP contribution in [0.1, 0.15) is 17.3 Å². The number of rotatable bonds is 5. The van der Waals surface area contributed by atoms with E-state index in [1.807, 2.05) is 13.2 Å². The molecule has 1 aromatic rings. The molecule has 0 fully saturated rings. The van der Waals surface area contributed by atoms with E-state index in [9.17, 15) is 9.59 Å². The van der Waals surface area contributed by atoms with Gasteiger partial charge >= 0.3 is 5.97 Å². The Morgan fingerprint density at radius 3 is 2.72 bits per heavy atom. The van der Waals surface area contributed by atoms with Crippen molar-refractivity contribution >= 4 is 40.9 Å². The van der Waals surface area contributed by atoms with Crippen molar-refractivity contribution in [3.63, 3.8) is 0 Å². The van der Waals surface area contributed by atoms with Gasteiger partial charge in [-0.3, -0.25) is 4.79 Å². The van der Waals surface area contributed by atoms with Crippen LogP contribution in [0.2, 0.25) is 5.02 Å². The third-order valence-electron chi connectivity index (χ3n) is 2.33. The molecule has 18 heavy (non-hydrogen) atoms. The SMILES string of the molecule is CSCC(C)C(=O)Nc1ccc(Cl)c(C(=O)O)c1. The van der Waals surface area contributed by atoms with Gasteiger partial charge in [-0.25, -0.2) is 4.79 Å². The van der Waals surface area contributed by atoms with E-state index in [1.54, 1.807) is 17.8 Å². The Kier molecular flexibility index (Phi) is 5.50. The number of hydrogen-bond acceptors (Lipinski definition) is 3. The molecule has 0 saturated heterocycles. The summed E-state index contributed by atoms with van der Waals surface area (Å²) in [6.45, 7) is 1.82. The zero-order chi connectivity index (χ0) is 13.7. The first kappa shape index (κ1) is 14.9. The molecule has 4 nitrogen and oxygen atoms in total. The minimum Gasteiger partial charge on any atom is -0.478 e. The number of aromatic carboxylic acids is 1. The van der Waals surface area contributed by atoms with Gasteiger partial charge in [0, 0.05) is 17.4 Å². The number of carboxylic acids is 1. The number of halogens is 1. The summed E-state index contributed by atoms with van der Waals surface area (Å²) in [7, 11) is 0. The maximum Gasteiger partial charge on any atom is 0.337 e. The first-order valence-corrected chi connectivity index (χ1v) is 7.05. The topological polar surface area (TPSA) is 66.4 Å². The Balaban J connectivity index is 2.82. The Morgan fingerprint density at radius 2 is 2.17 bits per heavy atom. The Hall–Kier alpha value is -1.20. The van der Waals surface area contributed by atoms with Crippen molar-refractivity contribution in [1.82, 2.24) is 0 Å². The van der Waals surface area contributed by atoms with Gasteiger partial charge in [-0.1, -0.05) is 18.5 Å². The van der Waals surface area contributed by atoms with Crippen LogP contribution in [0.3, 0.4) is 0 Å². The fraction of sp³-hybridized carbons (Fsp3) is 0.333. The molecule has 1 atom stereocenters. The highest BCUT2D eigenvalue weighted by molar-refractivity contribution is 7.98. The van der Waals surface area contributed by atoms with Crippen LogP contribution >= 0.6 is 23.4 Å². The highest BCUT2D eigenvalue weighted by atomic mass is 35.5. The lowest BCUT2D eigenvalue weighted by atomic mass is 10.1. The van der Waals surface area contributed by atoms with E-state index in [1.165, 1.54) is 12.1 Å². The second-order valence-corrected chi connectivity index (χ2v) is 5.16. The second kappa shape index (κ2) is 6.66. The van der Waals surface area contributed by atoms with Gasteiger partial charge in [-0.15, -0.1) is 0 Å². The molecule has 1 unspecified atom stereocenters. The van der Waals surface area contributed by atoms with E-state index < -0.39 is 5.97 Å². The third kappa shape index (κ3) is 3.92. The average Bonchev–Trinajstić information content (AvgIpc) is 2.31. The molecule has 0 aliphatic heterocycles. The molecule has 1 rings (SSSR count). The molecule has 1 amide bonds. The number of amides is 1. The predicted octanol–water partition coefficient (Wildman–Crippen LogP) is 2.98. The number of carbonyl (C=O) groups excluding carboxylic acids is 1. The molecule has 0 spiro atoms. The smallest absolute Gasteiger partial charge is 0.337 e. The maximum atomic E-state index is 11.8. The summed E-state index contributed by atoms with van der Waals surface area (Å²) in [5, 5.41) is 11.7. The third-order valence-corrected chi connectivity index (χ3v) is 3.49. The Labute approximate surface area is 115 Å². The van der Waals surface area contributed by atoms with Gasteiger partial charge in [-0.2, -0.15) is 11.8 Å². The van der Waals surface area contributed by atoms with Gasteiger partial charge in [0.25, 0.3) is 0 Å². The van der Waals surface area contributed by atoms with Crippen LogP contribution in [-0.4, -0.2) is 29.0 Å². The van der Waals surface area contributed by atoms with Crippen LogP contribution in [0.15, 0.2) is 18.2 Å². The summed E-state index contributed by atoms with van der Waals surface area (Å²) in [5.74, 6) is -0.675. The minimum atomic E-state index is -1.12. The first-order valence-electron chi connectivity index (χ1n) is 5.28. The fourth-order valence-electron chi connectivity index (χ4n) is 1.36. The number of benzene rings is 1. The Morgan fingerprint density at radius 1 is 1.50 bits per heavy atom. The van der Waals surface area contributed by atoms with Crippen molar-refractivity contribution in [2.45, 2.75) is 6.92 Å². The summed E-state index contributed by atoms with van der Waals surface area (Å²) < 4.78 is 0. The summed E-state index contributed by atoms with van der Waals surface area (Å²) in [4.78, 5) is 22.7. The van der Waals surface area contributed by atoms with Crippen LogP contribution in [-0.2, 0) is 4.79 Å². The standard InChI is InChI=1S/C12H14ClNO3S/c1-7(6-18-2)11(15)14-8-3-4-10(13)9(5-8)12(16)17/h3-5,7H,6H2,1-2H3,(H,14,15)(H,16,17). The second-order valence-electron chi connectivity index (χ2n) is 3.85. The predicted molar refractivity (Wildman–Crippen MR) is 74.6 cm³/mol. The van der Waals surface area contributed by atoms with E-state index in [4.69, 9.17) is 16.7 Å². The molecule has 0 bridgehead atoms. The Bertz CT molecular complexity index is 465. The number of anilines is 1. The van der Waals surface area contributed by atoms with Gasteiger partial charge in [0.2, 0.25) is 5.91 Å². The van der Waals surface area contributed by atoms with Crippen LogP contribution in [0.4, 0.5) is 5.69 Å². The lowest BCUT2D eigenvalue weighted by Crippen LogP contribution is -2.22. The number of carboxylic acid groups (broad SMARTS) is 1. The zero-order valence-corrected chi connectivity index (χ0v) is 11.6.